The summed E-state index contributed by atoms with van der Waals surface area (Å²) in [5.74, 6) is -0.523. The van der Waals surface area contributed by atoms with Crippen molar-refractivity contribution in [3.8, 4) is 0 Å². The van der Waals surface area contributed by atoms with Crippen molar-refractivity contribution in [1.29, 1.82) is 0 Å². The van der Waals surface area contributed by atoms with Gasteiger partial charge in [-0.3, -0.25) is 4.79 Å². The molecule has 1 aliphatic rings. The number of anilines is 2. The van der Waals surface area contributed by atoms with Gasteiger partial charge in [0, 0.05) is 36.7 Å². The summed E-state index contributed by atoms with van der Waals surface area (Å²) in [7, 11) is 0. The molecule has 4 nitrogen and oxygen atoms in total. The third-order valence-electron chi connectivity index (χ3n) is 4.04. The topological polar surface area (TPSA) is 50.4 Å². The highest BCUT2D eigenvalue weighted by molar-refractivity contribution is 6.01. The van der Waals surface area contributed by atoms with E-state index >= 15 is 0 Å². The molecule has 0 saturated carbocycles. The first-order valence-electron chi connectivity index (χ1n) is 8.38. The van der Waals surface area contributed by atoms with E-state index in [-0.39, 0.29) is 11.7 Å². The van der Waals surface area contributed by atoms with Crippen molar-refractivity contribution in [2.75, 3.05) is 23.8 Å². The summed E-state index contributed by atoms with van der Waals surface area (Å²) in [6.07, 6.45) is 5.09. The number of carbonyl (C=O) groups is 1. The highest BCUT2D eigenvalue weighted by Gasteiger charge is 2.13. The number of benzene rings is 2. The monoisotopic (exact) mass is 340 g/mol. The number of amides is 1. The van der Waals surface area contributed by atoms with Gasteiger partial charge in [0.15, 0.2) is 0 Å². The summed E-state index contributed by atoms with van der Waals surface area (Å²) in [6.45, 7) is 1.60. The molecule has 2 N–H and O–H groups in total. The van der Waals surface area contributed by atoms with E-state index in [4.69, 9.17) is 4.74 Å². The van der Waals surface area contributed by atoms with Gasteiger partial charge < -0.3 is 15.4 Å². The number of ether oxygens (including phenoxy) is 1. The second-order valence-corrected chi connectivity index (χ2v) is 5.98. The fourth-order valence-corrected chi connectivity index (χ4v) is 2.66. The molecular formula is C20H21FN2O2. The third kappa shape index (κ3) is 5.43. The van der Waals surface area contributed by atoms with Crippen LogP contribution in [-0.4, -0.2) is 25.2 Å². The largest absolute Gasteiger partial charge is 0.382 e. The molecule has 1 amide bonds. The maximum Gasteiger partial charge on any atom is 0.248 e. The van der Waals surface area contributed by atoms with Crippen molar-refractivity contribution in [3.63, 3.8) is 0 Å². The van der Waals surface area contributed by atoms with E-state index in [2.05, 4.69) is 10.6 Å². The second-order valence-electron chi connectivity index (χ2n) is 5.98. The Labute approximate surface area is 146 Å². The molecule has 5 heteroatoms. The Morgan fingerprint density at radius 2 is 1.64 bits per heavy atom. The second kappa shape index (κ2) is 8.44. The normalized spacial score (nSPS) is 15.2. The summed E-state index contributed by atoms with van der Waals surface area (Å²) < 4.78 is 18.2. The molecule has 0 bridgehead atoms. The molecule has 1 saturated heterocycles. The molecular weight excluding hydrogens is 319 g/mol. The van der Waals surface area contributed by atoms with Crippen LogP contribution in [0.4, 0.5) is 15.8 Å². The molecule has 0 atom stereocenters. The van der Waals surface area contributed by atoms with Gasteiger partial charge in [0.05, 0.1) is 0 Å². The van der Waals surface area contributed by atoms with E-state index in [1.54, 1.807) is 18.2 Å². The summed E-state index contributed by atoms with van der Waals surface area (Å²) >= 11 is 0. The molecule has 1 aliphatic heterocycles. The predicted molar refractivity (Wildman–Crippen MR) is 98.0 cm³/mol. The first-order chi connectivity index (χ1) is 12.2. The molecule has 0 spiro atoms. The first kappa shape index (κ1) is 17.2. The lowest BCUT2D eigenvalue weighted by Gasteiger charge is -2.24. The quantitative estimate of drug-likeness (QED) is 0.807. The molecule has 1 fully saturated rings. The molecule has 130 valence electrons. The lowest BCUT2D eigenvalue weighted by Crippen LogP contribution is -2.27. The van der Waals surface area contributed by atoms with Crippen LogP contribution in [0.1, 0.15) is 18.4 Å². The Kier molecular flexibility index (Phi) is 5.80. The Hall–Kier alpha value is -2.66. The van der Waals surface area contributed by atoms with Gasteiger partial charge >= 0.3 is 0 Å². The predicted octanol–water partition coefficient (Wildman–Crippen LogP) is 4.07. The van der Waals surface area contributed by atoms with Crippen LogP contribution in [0.2, 0.25) is 0 Å². The van der Waals surface area contributed by atoms with Gasteiger partial charge in [-0.2, -0.15) is 0 Å². The lowest BCUT2D eigenvalue weighted by molar-refractivity contribution is -0.111. The van der Waals surface area contributed by atoms with Crippen LogP contribution in [0.5, 0.6) is 0 Å². The van der Waals surface area contributed by atoms with Crippen molar-refractivity contribution < 1.29 is 13.9 Å². The minimum atomic E-state index is -0.295. The van der Waals surface area contributed by atoms with Gasteiger partial charge in [-0.15, -0.1) is 0 Å². The minimum Gasteiger partial charge on any atom is -0.382 e. The van der Waals surface area contributed by atoms with Crippen LogP contribution in [0.3, 0.4) is 0 Å². The molecule has 0 aliphatic carbocycles. The Balaban J connectivity index is 1.51. The van der Waals surface area contributed by atoms with E-state index in [1.165, 1.54) is 18.2 Å². The van der Waals surface area contributed by atoms with E-state index in [0.717, 1.165) is 43.0 Å². The molecule has 2 aromatic carbocycles. The van der Waals surface area contributed by atoms with Crippen LogP contribution < -0.4 is 10.6 Å². The number of nitrogens with one attached hydrogen (secondary N) is 2. The van der Waals surface area contributed by atoms with Crippen LogP contribution in [-0.2, 0) is 9.53 Å². The summed E-state index contributed by atoms with van der Waals surface area (Å²) in [4.78, 5) is 12.0. The maximum atomic E-state index is 12.8. The summed E-state index contributed by atoms with van der Waals surface area (Å²) in [5.41, 5.74) is 2.53. The van der Waals surface area contributed by atoms with Gasteiger partial charge in [-0.05, 0) is 60.9 Å². The molecule has 0 unspecified atom stereocenters. The van der Waals surface area contributed by atoms with Gasteiger partial charge in [-0.25, -0.2) is 4.39 Å². The van der Waals surface area contributed by atoms with Crippen molar-refractivity contribution in [1.82, 2.24) is 0 Å². The molecule has 1 heterocycles. The molecule has 25 heavy (non-hydrogen) atoms. The summed E-state index contributed by atoms with van der Waals surface area (Å²) in [5, 5.41) is 6.28. The Morgan fingerprint density at radius 3 is 2.32 bits per heavy atom. The Morgan fingerprint density at radius 1 is 1.00 bits per heavy atom. The number of carbonyl (C=O) groups excluding carboxylic acids is 1. The number of hydrogen-bond acceptors (Lipinski definition) is 3. The third-order valence-corrected chi connectivity index (χ3v) is 4.04. The maximum absolute atomic E-state index is 12.8. The van der Waals surface area contributed by atoms with Crippen LogP contribution in [0.15, 0.2) is 54.6 Å². The van der Waals surface area contributed by atoms with Crippen molar-refractivity contribution in [2.24, 2.45) is 0 Å². The zero-order valence-corrected chi connectivity index (χ0v) is 13.9. The van der Waals surface area contributed by atoms with Gasteiger partial charge in [0.2, 0.25) is 5.91 Å². The van der Waals surface area contributed by atoms with E-state index in [1.807, 2.05) is 24.3 Å². The van der Waals surface area contributed by atoms with Crippen LogP contribution in [0.25, 0.3) is 6.08 Å². The average molecular weight is 340 g/mol. The summed E-state index contributed by atoms with van der Waals surface area (Å²) in [6, 6.07) is 14.0. The van der Waals surface area contributed by atoms with E-state index in [0.29, 0.717) is 6.04 Å². The Bertz CT molecular complexity index is 720. The van der Waals surface area contributed by atoms with Crippen molar-refractivity contribution in [2.45, 2.75) is 18.9 Å². The van der Waals surface area contributed by atoms with Crippen molar-refractivity contribution in [3.05, 3.63) is 66.0 Å². The highest BCUT2D eigenvalue weighted by atomic mass is 19.1. The molecule has 3 rings (SSSR count). The molecule has 0 radical (unpaired) electrons. The molecule has 0 aromatic heterocycles. The van der Waals surface area contributed by atoms with Gasteiger partial charge in [0.1, 0.15) is 5.82 Å². The number of halogens is 1. The highest BCUT2D eigenvalue weighted by Crippen LogP contribution is 2.18. The SMILES string of the molecule is O=C(/C=C/c1ccc(F)cc1)Nc1ccc(NC2CCOCC2)cc1. The average Bonchev–Trinajstić information content (AvgIpc) is 2.64. The number of rotatable bonds is 5. The lowest BCUT2D eigenvalue weighted by atomic mass is 10.1. The molecule has 2 aromatic rings. The standard InChI is InChI=1S/C20H21FN2O2/c21-16-4-1-15(2-5-16)3-10-20(24)23-18-8-6-17(7-9-18)22-19-11-13-25-14-12-19/h1-10,19,22H,11-14H2,(H,23,24)/b10-3+. The minimum absolute atomic E-state index is 0.227. The first-order valence-corrected chi connectivity index (χ1v) is 8.38. The van der Waals surface area contributed by atoms with Crippen LogP contribution in [0, 0.1) is 5.82 Å². The fourth-order valence-electron chi connectivity index (χ4n) is 2.66. The zero-order valence-electron chi connectivity index (χ0n) is 13.9. The zero-order chi connectivity index (χ0) is 17.5. The van der Waals surface area contributed by atoms with Crippen LogP contribution >= 0.6 is 0 Å². The van der Waals surface area contributed by atoms with E-state index in [9.17, 15) is 9.18 Å². The smallest absolute Gasteiger partial charge is 0.248 e. The van der Waals surface area contributed by atoms with Gasteiger partial charge in [0.25, 0.3) is 0 Å². The van der Waals surface area contributed by atoms with Gasteiger partial charge in [-0.1, -0.05) is 12.1 Å². The van der Waals surface area contributed by atoms with E-state index < -0.39 is 0 Å². The van der Waals surface area contributed by atoms with Crippen molar-refractivity contribution >= 4 is 23.4 Å². The number of hydrogen-bond donors (Lipinski definition) is 2. The fraction of sp³-hybridized carbons (Fsp3) is 0.250.